The highest BCUT2D eigenvalue weighted by Crippen LogP contribution is 2.14. The van der Waals surface area contributed by atoms with Crippen LogP contribution in [0.1, 0.15) is 103 Å². The van der Waals surface area contributed by atoms with E-state index in [9.17, 15) is 19.5 Å². The average Bonchev–Trinajstić information content (AvgIpc) is 3.06. The highest BCUT2D eigenvalue weighted by Gasteiger charge is 2.15. The molecule has 0 spiro atoms. The maximum absolute atomic E-state index is 11.9. The SMILES string of the molecule is CCCCCCCCCCCCCCCCC(O)C(=O)Nc1ccccc1.O=C(Nc1ccccc1)C(=O)Nc1ccccc1. The summed E-state index contributed by atoms with van der Waals surface area (Å²) in [6.45, 7) is 2.27. The van der Waals surface area contributed by atoms with E-state index < -0.39 is 17.9 Å². The molecular formula is C38H53N3O4. The summed E-state index contributed by atoms with van der Waals surface area (Å²) >= 11 is 0. The van der Waals surface area contributed by atoms with Crippen LogP contribution < -0.4 is 16.0 Å². The number of carbonyl (C=O) groups excluding carboxylic acids is 3. The molecule has 0 aliphatic heterocycles. The maximum Gasteiger partial charge on any atom is 0.314 e. The van der Waals surface area contributed by atoms with Crippen molar-refractivity contribution >= 4 is 34.8 Å². The van der Waals surface area contributed by atoms with Crippen molar-refractivity contribution in [2.24, 2.45) is 0 Å². The molecule has 1 unspecified atom stereocenters. The molecule has 0 aliphatic rings. The van der Waals surface area contributed by atoms with Crippen LogP contribution >= 0.6 is 0 Å². The summed E-state index contributed by atoms with van der Waals surface area (Å²) < 4.78 is 0. The van der Waals surface area contributed by atoms with Gasteiger partial charge in [-0.05, 0) is 42.8 Å². The number of hydrogen-bond acceptors (Lipinski definition) is 4. The molecule has 0 aliphatic carbocycles. The summed E-state index contributed by atoms with van der Waals surface area (Å²) in [6, 6.07) is 27.0. The maximum atomic E-state index is 11.9. The Kier molecular flexibility index (Phi) is 20.1. The largest absolute Gasteiger partial charge is 0.383 e. The fourth-order valence-corrected chi connectivity index (χ4v) is 4.83. The zero-order valence-electron chi connectivity index (χ0n) is 27.0. The second kappa shape index (κ2) is 24.4. The van der Waals surface area contributed by atoms with Crippen LogP contribution in [0.2, 0.25) is 0 Å². The van der Waals surface area contributed by atoms with E-state index in [-0.39, 0.29) is 5.91 Å². The van der Waals surface area contributed by atoms with Crippen molar-refractivity contribution in [3.63, 3.8) is 0 Å². The van der Waals surface area contributed by atoms with Crippen LogP contribution in [0.4, 0.5) is 17.1 Å². The minimum absolute atomic E-state index is 0.295. The number of unbranched alkanes of at least 4 members (excludes halogenated alkanes) is 13. The molecule has 7 nitrogen and oxygen atoms in total. The molecular weight excluding hydrogens is 562 g/mol. The Balaban J connectivity index is 0.000000338. The molecule has 244 valence electrons. The number of amides is 3. The van der Waals surface area contributed by atoms with Crippen molar-refractivity contribution in [3.8, 4) is 0 Å². The number of para-hydroxylation sites is 3. The van der Waals surface area contributed by atoms with E-state index in [1.54, 1.807) is 48.5 Å². The molecule has 0 heterocycles. The lowest BCUT2D eigenvalue weighted by Gasteiger charge is -2.11. The second-order valence-electron chi connectivity index (χ2n) is 11.4. The number of rotatable bonds is 19. The van der Waals surface area contributed by atoms with Crippen LogP contribution in [-0.4, -0.2) is 28.9 Å². The molecule has 3 aromatic carbocycles. The van der Waals surface area contributed by atoms with Gasteiger partial charge in [-0.1, -0.05) is 151 Å². The van der Waals surface area contributed by atoms with Gasteiger partial charge in [-0.2, -0.15) is 0 Å². The van der Waals surface area contributed by atoms with Crippen molar-refractivity contribution in [3.05, 3.63) is 91.0 Å². The van der Waals surface area contributed by atoms with Crippen LogP contribution in [-0.2, 0) is 14.4 Å². The number of carbonyl (C=O) groups is 3. The van der Waals surface area contributed by atoms with Gasteiger partial charge in [0, 0.05) is 17.1 Å². The molecule has 0 saturated heterocycles. The first-order chi connectivity index (χ1) is 22.0. The van der Waals surface area contributed by atoms with Crippen molar-refractivity contribution in [1.29, 1.82) is 0 Å². The lowest BCUT2D eigenvalue weighted by molar-refractivity contribution is -0.132. The molecule has 0 saturated carbocycles. The van der Waals surface area contributed by atoms with E-state index >= 15 is 0 Å². The molecule has 7 heteroatoms. The van der Waals surface area contributed by atoms with Gasteiger partial charge in [0.15, 0.2) is 0 Å². The van der Waals surface area contributed by atoms with E-state index in [0.29, 0.717) is 17.8 Å². The molecule has 45 heavy (non-hydrogen) atoms. The molecule has 1 atom stereocenters. The molecule has 0 fully saturated rings. The fourth-order valence-electron chi connectivity index (χ4n) is 4.83. The fraction of sp³-hybridized carbons (Fsp3) is 0.447. The van der Waals surface area contributed by atoms with E-state index in [1.807, 2.05) is 42.5 Å². The highest BCUT2D eigenvalue weighted by atomic mass is 16.3. The normalized spacial score (nSPS) is 11.1. The van der Waals surface area contributed by atoms with E-state index in [2.05, 4.69) is 22.9 Å². The van der Waals surface area contributed by atoms with E-state index in [1.165, 1.54) is 77.0 Å². The Bertz CT molecular complexity index is 1140. The lowest BCUT2D eigenvalue weighted by atomic mass is 10.0. The molecule has 0 aromatic heterocycles. The standard InChI is InChI=1S/C24H41NO2.C14H12N2O2/c1-2-3-4-5-6-7-8-9-10-11-12-13-14-18-21-23(26)24(27)25-22-19-16-15-17-20-22;17-13(15-11-7-3-1-4-8-11)14(18)16-12-9-5-2-6-10-12/h15-17,19-20,23,26H,2-14,18,21H2,1H3,(H,25,27);1-10H,(H,15,17)(H,16,18). The summed E-state index contributed by atoms with van der Waals surface area (Å²) in [5.41, 5.74) is 1.92. The Morgan fingerprint density at radius 1 is 0.489 bits per heavy atom. The first-order valence-electron chi connectivity index (χ1n) is 16.8. The van der Waals surface area contributed by atoms with Gasteiger partial charge in [-0.3, -0.25) is 14.4 Å². The summed E-state index contributed by atoms with van der Waals surface area (Å²) in [4.78, 5) is 35.1. The number of hydrogen-bond donors (Lipinski definition) is 4. The van der Waals surface area contributed by atoms with Gasteiger partial charge in [0.1, 0.15) is 6.10 Å². The molecule has 4 N–H and O–H groups in total. The first kappa shape index (κ1) is 37.2. The molecule has 3 aromatic rings. The number of anilines is 3. The smallest absolute Gasteiger partial charge is 0.314 e. The lowest BCUT2D eigenvalue weighted by Crippen LogP contribution is -2.28. The summed E-state index contributed by atoms with van der Waals surface area (Å²) in [5.74, 6) is -1.67. The third kappa shape index (κ3) is 18.4. The number of aliphatic hydroxyl groups is 1. The molecule has 0 bridgehead atoms. The minimum atomic E-state index is -0.900. The van der Waals surface area contributed by atoms with Gasteiger partial charge < -0.3 is 21.1 Å². The van der Waals surface area contributed by atoms with E-state index in [4.69, 9.17) is 0 Å². The zero-order valence-corrected chi connectivity index (χ0v) is 27.0. The summed E-state index contributed by atoms with van der Waals surface area (Å²) in [6.07, 6.45) is 18.0. The molecule has 3 amide bonds. The highest BCUT2D eigenvalue weighted by molar-refractivity contribution is 6.43. The number of benzene rings is 3. The van der Waals surface area contributed by atoms with Gasteiger partial charge in [0.25, 0.3) is 5.91 Å². The second-order valence-corrected chi connectivity index (χ2v) is 11.4. The monoisotopic (exact) mass is 615 g/mol. The van der Waals surface area contributed by atoms with Gasteiger partial charge in [0.2, 0.25) is 0 Å². The Morgan fingerprint density at radius 2 is 0.800 bits per heavy atom. The Labute approximate surface area is 270 Å². The minimum Gasteiger partial charge on any atom is -0.383 e. The zero-order chi connectivity index (χ0) is 32.4. The van der Waals surface area contributed by atoms with Gasteiger partial charge in [-0.25, -0.2) is 0 Å². The summed E-state index contributed by atoms with van der Waals surface area (Å²) in [7, 11) is 0. The number of nitrogens with one attached hydrogen (secondary N) is 3. The third-order valence-electron chi connectivity index (χ3n) is 7.44. The van der Waals surface area contributed by atoms with E-state index in [0.717, 1.165) is 18.5 Å². The van der Waals surface area contributed by atoms with Crippen LogP contribution in [0.25, 0.3) is 0 Å². The third-order valence-corrected chi connectivity index (χ3v) is 7.44. The average molecular weight is 616 g/mol. The van der Waals surface area contributed by atoms with Crippen LogP contribution in [0, 0.1) is 0 Å². The molecule has 0 radical (unpaired) electrons. The van der Waals surface area contributed by atoms with Crippen LogP contribution in [0.3, 0.4) is 0 Å². The first-order valence-corrected chi connectivity index (χ1v) is 16.8. The van der Waals surface area contributed by atoms with Crippen molar-refractivity contribution < 1.29 is 19.5 Å². The van der Waals surface area contributed by atoms with Crippen LogP contribution in [0.5, 0.6) is 0 Å². The Morgan fingerprint density at radius 3 is 1.16 bits per heavy atom. The number of aliphatic hydroxyl groups excluding tert-OH is 1. The van der Waals surface area contributed by atoms with Gasteiger partial charge in [0.05, 0.1) is 0 Å². The van der Waals surface area contributed by atoms with Crippen LogP contribution in [0.15, 0.2) is 91.0 Å². The Hall–Kier alpha value is -3.97. The van der Waals surface area contributed by atoms with Gasteiger partial charge in [-0.15, -0.1) is 0 Å². The predicted octanol–water partition coefficient (Wildman–Crippen LogP) is 9.12. The van der Waals surface area contributed by atoms with Crippen molar-refractivity contribution in [1.82, 2.24) is 0 Å². The summed E-state index contributed by atoms with van der Waals surface area (Å²) in [5, 5.41) is 17.7. The van der Waals surface area contributed by atoms with Crippen molar-refractivity contribution in [2.75, 3.05) is 16.0 Å². The van der Waals surface area contributed by atoms with Crippen molar-refractivity contribution in [2.45, 2.75) is 109 Å². The predicted molar refractivity (Wildman–Crippen MR) is 186 cm³/mol. The topological polar surface area (TPSA) is 108 Å². The van der Waals surface area contributed by atoms with Gasteiger partial charge >= 0.3 is 11.8 Å². The quantitative estimate of drug-likeness (QED) is 0.0797. The molecule has 3 rings (SSSR count).